The van der Waals surface area contributed by atoms with Crippen molar-refractivity contribution in [3.8, 4) is 21.0 Å². The van der Waals surface area contributed by atoms with Crippen LogP contribution in [0.2, 0.25) is 0 Å². The normalized spacial score (nSPS) is 11.2. The van der Waals surface area contributed by atoms with Gasteiger partial charge in [0, 0.05) is 27.4 Å². The first kappa shape index (κ1) is 12.4. The summed E-state index contributed by atoms with van der Waals surface area (Å²) in [4.78, 5) is 13.9. The van der Waals surface area contributed by atoms with Crippen molar-refractivity contribution >= 4 is 44.7 Å². The number of aromatic nitrogens is 3. The largest absolute Gasteiger partial charge is 0.384 e. The summed E-state index contributed by atoms with van der Waals surface area (Å²) in [6, 6.07) is 8.05. The molecular weight excluding hydrogens is 302 g/mol. The topological polar surface area (TPSA) is 93.6 Å². The minimum absolute atomic E-state index is 0.507. The summed E-state index contributed by atoms with van der Waals surface area (Å²) >= 11 is 3.12. The SMILES string of the molecule is Nc1cc(-c2ccc(-c3csc(N)n3)s2)c2cc[nH]c2n1. The first-order chi connectivity index (χ1) is 10.2. The van der Waals surface area contributed by atoms with E-state index in [4.69, 9.17) is 11.5 Å². The minimum Gasteiger partial charge on any atom is -0.384 e. The third kappa shape index (κ3) is 2.07. The van der Waals surface area contributed by atoms with Crippen LogP contribution in [0.1, 0.15) is 0 Å². The summed E-state index contributed by atoms with van der Waals surface area (Å²) in [6.45, 7) is 0. The van der Waals surface area contributed by atoms with E-state index in [1.54, 1.807) is 11.3 Å². The Morgan fingerprint density at radius 3 is 2.71 bits per heavy atom. The van der Waals surface area contributed by atoms with E-state index in [1.165, 1.54) is 11.3 Å². The quantitative estimate of drug-likeness (QED) is 0.527. The van der Waals surface area contributed by atoms with E-state index in [0.717, 1.165) is 32.0 Å². The standard InChI is InChI=1S/C14H11N5S2/c15-12-5-8(7-3-4-17-13(7)19-12)10-1-2-11(21-10)9-6-20-14(16)18-9/h1-6H,(H2,16,18)(H3,15,17,19). The molecule has 0 spiro atoms. The number of anilines is 2. The molecule has 0 radical (unpaired) electrons. The van der Waals surface area contributed by atoms with Crippen LogP contribution in [-0.4, -0.2) is 15.0 Å². The number of thiazole rings is 1. The van der Waals surface area contributed by atoms with Crippen LogP contribution in [-0.2, 0) is 0 Å². The molecule has 0 atom stereocenters. The molecule has 0 saturated carbocycles. The highest BCUT2D eigenvalue weighted by atomic mass is 32.1. The lowest BCUT2D eigenvalue weighted by molar-refractivity contribution is 1.33. The Kier molecular flexibility index (Phi) is 2.69. The first-order valence-corrected chi connectivity index (χ1v) is 7.95. The Balaban J connectivity index is 1.86. The molecule has 7 heteroatoms. The second-order valence-corrected chi connectivity index (χ2v) is 6.54. The van der Waals surface area contributed by atoms with Gasteiger partial charge in [-0.3, -0.25) is 0 Å². The van der Waals surface area contributed by atoms with Crippen molar-refractivity contribution in [2.24, 2.45) is 0 Å². The number of nitrogen functional groups attached to an aromatic ring is 2. The number of aromatic amines is 1. The molecule has 4 aromatic rings. The van der Waals surface area contributed by atoms with Crippen molar-refractivity contribution in [1.29, 1.82) is 0 Å². The van der Waals surface area contributed by atoms with Gasteiger partial charge in [0.05, 0.1) is 10.6 Å². The molecule has 4 aromatic heterocycles. The molecule has 5 N–H and O–H groups in total. The number of thiophene rings is 1. The van der Waals surface area contributed by atoms with Crippen LogP contribution in [0.25, 0.3) is 32.0 Å². The molecule has 104 valence electrons. The zero-order valence-electron chi connectivity index (χ0n) is 10.8. The number of pyridine rings is 1. The molecule has 0 amide bonds. The number of H-pyrrole nitrogens is 1. The summed E-state index contributed by atoms with van der Waals surface area (Å²) in [6.07, 6.45) is 1.87. The second kappa shape index (κ2) is 4.57. The van der Waals surface area contributed by atoms with Crippen LogP contribution in [0.3, 0.4) is 0 Å². The number of fused-ring (bicyclic) bond motifs is 1. The average Bonchev–Trinajstić information content (AvgIpc) is 3.15. The maximum Gasteiger partial charge on any atom is 0.180 e. The van der Waals surface area contributed by atoms with Gasteiger partial charge in [-0.15, -0.1) is 22.7 Å². The van der Waals surface area contributed by atoms with Crippen molar-refractivity contribution in [2.75, 3.05) is 11.5 Å². The van der Waals surface area contributed by atoms with Gasteiger partial charge < -0.3 is 16.5 Å². The molecule has 0 aliphatic rings. The fourth-order valence-corrected chi connectivity index (χ4v) is 3.92. The molecule has 0 saturated heterocycles. The van der Waals surface area contributed by atoms with Gasteiger partial charge in [-0.1, -0.05) is 0 Å². The lowest BCUT2D eigenvalue weighted by Crippen LogP contribution is -1.91. The molecule has 5 nitrogen and oxygen atoms in total. The molecule has 4 rings (SSSR count). The second-order valence-electron chi connectivity index (χ2n) is 4.57. The maximum absolute atomic E-state index is 5.89. The Morgan fingerprint density at radius 1 is 1.05 bits per heavy atom. The van der Waals surface area contributed by atoms with Gasteiger partial charge in [0.2, 0.25) is 0 Å². The van der Waals surface area contributed by atoms with Gasteiger partial charge >= 0.3 is 0 Å². The minimum atomic E-state index is 0.507. The zero-order chi connectivity index (χ0) is 14.4. The molecule has 0 unspecified atom stereocenters. The van der Waals surface area contributed by atoms with Crippen LogP contribution >= 0.6 is 22.7 Å². The number of hydrogen-bond acceptors (Lipinski definition) is 6. The molecule has 0 bridgehead atoms. The lowest BCUT2D eigenvalue weighted by Gasteiger charge is -2.01. The van der Waals surface area contributed by atoms with Gasteiger partial charge in [-0.25, -0.2) is 9.97 Å². The maximum atomic E-state index is 5.89. The van der Waals surface area contributed by atoms with Crippen molar-refractivity contribution in [3.05, 3.63) is 35.8 Å². The molecule has 0 fully saturated rings. The molecule has 21 heavy (non-hydrogen) atoms. The third-order valence-corrected chi connectivity index (χ3v) is 5.01. The highest BCUT2D eigenvalue weighted by Gasteiger charge is 2.12. The van der Waals surface area contributed by atoms with E-state index >= 15 is 0 Å². The van der Waals surface area contributed by atoms with Crippen LogP contribution in [0.4, 0.5) is 10.9 Å². The van der Waals surface area contributed by atoms with E-state index in [-0.39, 0.29) is 0 Å². The van der Waals surface area contributed by atoms with Crippen LogP contribution in [0.15, 0.2) is 35.8 Å². The van der Waals surface area contributed by atoms with E-state index in [9.17, 15) is 0 Å². The third-order valence-electron chi connectivity index (χ3n) is 3.19. The molecule has 0 aromatic carbocycles. The highest BCUT2D eigenvalue weighted by Crippen LogP contribution is 2.38. The van der Waals surface area contributed by atoms with Crippen molar-refractivity contribution < 1.29 is 0 Å². The number of nitrogens with two attached hydrogens (primary N) is 2. The Hall–Kier alpha value is -2.38. The van der Waals surface area contributed by atoms with Gasteiger partial charge in [0.1, 0.15) is 11.5 Å². The van der Waals surface area contributed by atoms with Gasteiger partial charge in [0.25, 0.3) is 0 Å². The van der Waals surface area contributed by atoms with Crippen molar-refractivity contribution in [2.45, 2.75) is 0 Å². The smallest absolute Gasteiger partial charge is 0.180 e. The summed E-state index contributed by atoms with van der Waals surface area (Å²) in [7, 11) is 0. The summed E-state index contributed by atoms with van der Waals surface area (Å²) < 4.78 is 0. The summed E-state index contributed by atoms with van der Waals surface area (Å²) in [5.74, 6) is 0.507. The summed E-state index contributed by atoms with van der Waals surface area (Å²) in [5.41, 5.74) is 14.4. The fraction of sp³-hybridized carbons (Fsp3) is 0. The van der Waals surface area contributed by atoms with E-state index in [0.29, 0.717) is 10.9 Å². The monoisotopic (exact) mass is 313 g/mol. The Morgan fingerprint density at radius 2 is 1.90 bits per heavy atom. The number of nitrogens with zero attached hydrogens (tertiary/aromatic N) is 2. The molecule has 0 aliphatic carbocycles. The number of nitrogens with one attached hydrogen (secondary N) is 1. The molecule has 0 aliphatic heterocycles. The van der Waals surface area contributed by atoms with Crippen LogP contribution in [0, 0.1) is 0 Å². The van der Waals surface area contributed by atoms with Gasteiger partial charge in [-0.2, -0.15) is 0 Å². The van der Waals surface area contributed by atoms with E-state index in [2.05, 4.69) is 27.1 Å². The number of hydrogen-bond donors (Lipinski definition) is 3. The number of rotatable bonds is 2. The van der Waals surface area contributed by atoms with Gasteiger partial charge in [0.15, 0.2) is 5.13 Å². The zero-order valence-corrected chi connectivity index (χ0v) is 12.5. The molecule has 4 heterocycles. The predicted octanol–water partition coefficient (Wildman–Crippen LogP) is 3.58. The summed E-state index contributed by atoms with van der Waals surface area (Å²) in [5, 5.41) is 3.62. The lowest BCUT2D eigenvalue weighted by atomic mass is 10.1. The van der Waals surface area contributed by atoms with E-state index in [1.807, 2.05) is 23.7 Å². The molecular formula is C14H11N5S2. The fourth-order valence-electron chi connectivity index (χ4n) is 2.28. The van der Waals surface area contributed by atoms with Crippen LogP contribution < -0.4 is 11.5 Å². The Bertz CT molecular complexity index is 934. The van der Waals surface area contributed by atoms with Gasteiger partial charge in [-0.05, 0) is 24.3 Å². The van der Waals surface area contributed by atoms with Crippen LogP contribution in [0.5, 0.6) is 0 Å². The van der Waals surface area contributed by atoms with Crippen molar-refractivity contribution in [1.82, 2.24) is 15.0 Å². The highest BCUT2D eigenvalue weighted by molar-refractivity contribution is 7.19. The van der Waals surface area contributed by atoms with Crippen molar-refractivity contribution in [3.63, 3.8) is 0 Å². The average molecular weight is 313 g/mol. The Labute approximate surface area is 128 Å². The van der Waals surface area contributed by atoms with E-state index < -0.39 is 0 Å². The first-order valence-electron chi connectivity index (χ1n) is 6.26. The predicted molar refractivity (Wildman–Crippen MR) is 89.3 cm³/mol.